The highest BCUT2D eigenvalue weighted by atomic mass is 16.3. The summed E-state index contributed by atoms with van der Waals surface area (Å²) in [4.78, 5) is 0. The van der Waals surface area contributed by atoms with Crippen molar-refractivity contribution in [1.29, 1.82) is 0 Å². The van der Waals surface area contributed by atoms with Gasteiger partial charge in [-0.15, -0.1) is 0 Å². The van der Waals surface area contributed by atoms with Crippen molar-refractivity contribution in [3.8, 4) is 17.2 Å². The molecule has 0 unspecified atom stereocenters. The second kappa shape index (κ2) is 8.52. The van der Waals surface area contributed by atoms with Gasteiger partial charge in [-0.25, -0.2) is 0 Å². The Bertz CT molecular complexity index is 2600. The smallest absolute Gasteiger partial charge is 0.116 e. The highest BCUT2D eigenvalue weighted by Gasteiger charge is 2.19. The molecule has 0 spiro atoms. The number of phenolic OH excluding ortho intramolecular Hbond substituents is 3. The zero-order valence-electron chi connectivity index (χ0n) is 24.0. The van der Waals surface area contributed by atoms with E-state index >= 15 is 0 Å². The molecule has 0 radical (unpaired) electrons. The van der Waals surface area contributed by atoms with E-state index in [1.165, 1.54) is 0 Å². The topological polar surface area (TPSA) is 60.7 Å². The van der Waals surface area contributed by atoms with Gasteiger partial charge in [-0.2, -0.15) is 0 Å². The number of rotatable bonds is 0. The van der Waals surface area contributed by atoms with Gasteiger partial charge < -0.3 is 15.3 Å². The molecule has 3 heteroatoms. The van der Waals surface area contributed by atoms with Crippen molar-refractivity contribution in [2.45, 2.75) is 0 Å². The van der Waals surface area contributed by atoms with Crippen LogP contribution in [0, 0.1) is 0 Å². The van der Waals surface area contributed by atoms with E-state index in [0.717, 1.165) is 97.0 Å². The number of hydrogen-bond acceptors (Lipinski definition) is 3. The standard InChI is InChI=1S/C42H24O3/c43-28-13-7-22-1-4-25-10-16-31-40(37(25)34(22)19-28)32-17-11-26-5-2-24-9-15-30(45)21-36(24)39(26)42(32)33-18-12-27-6-3-23-8-14-29(44)20-35(23)38(27)41(31)33/h1-21,43-45H. The van der Waals surface area contributed by atoms with Crippen molar-refractivity contribution in [2.75, 3.05) is 0 Å². The van der Waals surface area contributed by atoms with Gasteiger partial charge >= 0.3 is 0 Å². The summed E-state index contributed by atoms with van der Waals surface area (Å²) in [5.41, 5.74) is 0. The number of benzene rings is 10. The van der Waals surface area contributed by atoms with Gasteiger partial charge in [-0.1, -0.05) is 91.0 Å². The van der Waals surface area contributed by atoms with Crippen LogP contribution >= 0.6 is 0 Å². The molecule has 3 N–H and O–H groups in total. The van der Waals surface area contributed by atoms with E-state index in [-0.39, 0.29) is 17.2 Å². The van der Waals surface area contributed by atoms with Crippen LogP contribution in [-0.2, 0) is 0 Å². The zero-order valence-corrected chi connectivity index (χ0v) is 24.0. The number of fused-ring (bicyclic) bond motifs is 18. The van der Waals surface area contributed by atoms with Gasteiger partial charge in [0.15, 0.2) is 0 Å². The van der Waals surface area contributed by atoms with Crippen molar-refractivity contribution >= 4 is 97.0 Å². The van der Waals surface area contributed by atoms with Gasteiger partial charge in [-0.3, -0.25) is 0 Å². The first-order valence-corrected chi connectivity index (χ1v) is 15.1. The molecule has 45 heavy (non-hydrogen) atoms. The van der Waals surface area contributed by atoms with E-state index in [4.69, 9.17) is 0 Å². The molecular weight excluding hydrogens is 552 g/mol. The van der Waals surface area contributed by atoms with E-state index in [1.54, 1.807) is 18.2 Å². The molecule has 0 saturated carbocycles. The third-order valence-electron chi connectivity index (χ3n) is 9.77. The molecule has 10 aromatic rings. The fraction of sp³-hybridized carbons (Fsp3) is 0. The molecule has 0 aliphatic carbocycles. The lowest BCUT2D eigenvalue weighted by atomic mass is 9.84. The van der Waals surface area contributed by atoms with Gasteiger partial charge in [0.2, 0.25) is 0 Å². The van der Waals surface area contributed by atoms with Crippen LogP contribution in [0.2, 0.25) is 0 Å². The Morgan fingerprint density at radius 3 is 0.778 bits per heavy atom. The van der Waals surface area contributed by atoms with Crippen LogP contribution in [0.15, 0.2) is 127 Å². The third kappa shape index (κ3) is 3.24. The summed E-state index contributed by atoms with van der Waals surface area (Å²) in [7, 11) is 0. The second-order valence-corrected chi connectivity index (χ2v) is 12.2. The van der Waals surface area contributed by atoms with Gasteiger partial charge in [0.05, 0.1) is 0 Å². The number of phenols is 3. The molecule has 0 heterocycles. The molecule has 210 valence electrons. The normalized spacial score (nSPS) is 12.3. The van der Waals surface area contributed by atoms with Crippen LogP contribution < -0.4 is 0 Å². The summed E-state index contributed by atoms with van der Waals surface area (Å²) in [5.74, 6) is 0.697. The summed E-state index contributed by atoms with van der Waals surface area (Å²) in [6.45, 7) is 0. The maximum atomic E-state index is 10.7. The van der Waals surface area contributed by atoms with Crippen LogP contribution in [0.1, 0.15) is 0 Å². The van der Waals surface area contributed by atoms with E-state index in [1.807, 2.05) is 36.4 Å². The first kappa shape index (κ1) is 24.4. The Labute approximate surface area is 256 Å². The molecule has 0 aliphatic rings. The SMILES string of the molecule is Oc1ccc2ccc3ccc4c(c5ccc6ccc7ccc(O)cc7c6c5c5ccc6ccc7ccc(O)cc7c6c45)c3c2c1. The zero-order chi connectivity index (χ0) is 30.0. The highest BCUT2D eigenvalue weighted by Crippen LogP contribution is 2.48. The van der Waals surface area contributed by atoms with E-state index in [2.05, 4.69) is 72.8 Å². The minimum Gasteiger partial charge on any atom is -0.508 e. The third-order valence-corrected chi connectivity index (χ3v) is 9.77. The first-order valence-electron chi connectivity index (χ1n) is 15.1. The molecule has 0 amide bonds. The number of hydrogen-bond donors (Lipinski definition) is 3. The molecule has 3 nitrogen and oxygen atoms in total. The lowest BCUT2D eigenvalue weighted by Gasteiger charge is -2.19. The minimum atomic E-state index is 0.232. The monoisotopic (exact) mass is 576 g/mol. The molecule has 10 aromatic carbocycles. The molecule has 0 aromatic heterocycles. The Balaban J connectivity index is 1.62. The van der Waals surface area contributed by atoms with Crippen LogP contribution in [0.25, 0.3) is 97.0 Å². The summed E-state index contributed by atoms with van der Waals surface area (Å²) in [6, 6.07) is 42.8. The van der Waals surface area contributed by atoms with Crippen LogP contribution in [-0.4, -0.2) is 15.3 Å². The lowest BCUT2D eigenvalue weighted by molar-refractivity contribution is 0.475. The van der Waals surface area contributed by atoms with Gasteiger partial charge in [0, 0.05) is 0 Å². The first-order chi connectivity index (χ1) is 22.0. The van der Waals surface area contributed by atoms with E-state index in [9.17, 15) is 15.3 Å². The van der Waals surface area contributed by atoms with E-state index in [0.29, 0.717) is 0 Å². The van der Waals surface area contributed by atoms with Crippen LogP contribution in [0.3, 0.4) is 0 Å². The summed E-state index contributed by atoms with van der Waals surface area (Å²) < 4.78 is 0. The molecule has 0 fully saturated rings. The van der Waals surface area contributed by atoms with Crippen molar-refractivity contribution < 1.29 is 15.3 Å². The average molecular weight is 577 g/mol. The quantitative estimate of drug-likeness (QED) is 0.157. The second-order valence-electron chi connectivity index (χ2n) is 12.2. The van der Waals surface area contributed by atoms with Crippen LogP contribution in [0.5, 0.6) is 17.2 Å². The molecule has 0 atom stereocenters. The molecular formula is C42H24O3. The van der Waals surface area contributed by atoms with Crippen molar-refractivity contribution in [1.82, 2.24) is 0 Å². The largest absolute Gasteiger partial charge is 0.508 e. The Hall–Kier alpha value is -6.06. The predicted molar refractivity (Wildman–Crippen MR) is 189 cm³/mol. The molecule has 0 aliphatic heterocycles. The predicted octanol–water partition coefficient (Wildman–Crippen LogP) is 11.2. The maximum Gasteiger partial charge on any atom is 0.116 e. The van der Waals surface area contributed by atoms with Gasteiger partial charge in [-0.05, 0) is 133 Å². The fourth-order valence-electron chi connectivity index (χ4n) is 7.86. The van der Waals surface area contributed by atoms with E-state index < -0.39 is 0 Å². The minimum absolute atomic E-state index is 0.232. The van der Waals surface area contributed by atoms with Crippen molar-refractivity contribution in [2.24, 2.45) is 0 Å². The lowest BCUT2D eigenvalue weighted by Crippen LogP contribution is -1.90. The molecule has 10 rings (SSSR count). The summed E-state index contributed by atoms with van der Waals surface area (Å²) in [5, 5.41) is 51.5. The Morgan fingerprint density at radius 1 is 0.222 bits per heavy atom. The van der Waals surface area contributed by atoms with Gasteiger partial charge in [0.1, 0.15) is 17.2 Å². The summed E-state index contributed by atoms with van der Waals surface area (Å²) >= 11 is 0. The Kier molecular flexibility index (Phi) is 4.62. The van der Waals surface area contributed by atoms with Gasteiger partial charge in [0.25, 0.3) is 0 Å². The Morgan fingerprint density at radius 2 is 0.467 bits per heavy atom. The maximum absolute atomic E-state index is 10.7. The molecule has 0 bridgehead atoms. The molecule has 0 saturated heterocycles. The van der Waals surface area contributed by atoms with Crippen molar-refractivity contribution in [3.63, 3.8) is 0 Å². The fourth-order valence-corrected chi connectivity index (χ4v) is 7.86. The average Bonchev–Trinajstić information content (AvgIpc) is 3.06. The summed E-state index contributed by atoms with van der Waals surface area (Å²) in [6.07, 6.45) is 0. The highest BCUT2D eigenvalue weighted by molar-refractivity contribution is 6.44. The van der Waals surface area contributed by atoms with Crippen LogP contribution in [0.4, 0.5) is 0 Å². The number of aromatic hydroxyl groups is 3. The van der Waals surface area contributed by atoms with Crippen molar-refractivity contribution in [3.05, 3.63) is 127 Å².